The lowest BCUT2D eigenvalue weighted by molar-refractivity contribution is 0.0126. The molecule has 1 aliphatic heterocycles. The Kier molecular flexibility index (Phi) is 2.75. The van der Waals surface area contributed by atoms with Crippen molar-refractivity contribution in [1.29, 1.82) is 0 Å². The molecule has 0 amide bonds. The van der Waals surface area contributed by atoms with Crippen LogP contribution in [0.1, 0.15) is 52.4 Å². The molecule has 1 heterocycles. The molecular weight excluding hydrogens is 196 g/mol. The van der Waals surface area contributed by atoms with Gasteiger partial charge in [-0.1, -0.05) is 12.8 Å². The van der Waals surface area contributed by atoms with Gasteiger partial charge in [-0.3, -0.25) is 4.90 Å². The third-order valence-corrected chi connectivity index (χ3v) is 5.04. The maximum absolute atomic E-state index is 3.86. The normalized spacial score (nSPS) is 35.1. The predicted molar refractivity (Wildman–Crippen MR) is 67.6 cm³/mol. The summed E-state index contributed by atoms with van der Waals surface area (Å²) in [5, 5.41) is 3.86. The largest absolute Gasteiger partial charge is 0.311 e. The van der Waals surface area contributed by atoms with E-state index in [1.807, 2.05) is 0 Å². The molecular formula is C14H26N2. The molecule has 1 saturated heterocycles. The highest BCUT2D eigenvalue weighted by Gasteiger charge is 2.47. The Bertz CT molecular complexity index is 251. The molecule has 3 fully saturated rings. The molecule has 1 atom stereocenters. The van der Waals surface area contributed by atoms with E-state index in [-0.39, 0.29) is 0 Å². The quantitative estimate of drug-likeness (QED) is 0.772. The molecule has 1 N–H and O–H groups in total. The van der Waals surface area contributed by atoms with Gasteiger partial charge in [-0.25, -0.2) is 0 Å². The zero-order valence-electron chi connectivity index (χ0n) is 10.8. The van der Waals surface area contributed by atoms with Gasteiger partial charge in [0.05, 0.1) is 0 Å². The predicted octanol–water partition coefficient (Wildman–Crippen LogP) is 2.39. The Morgan fingerprint density at radius 3 is 2.44 bits per heavy atom. The molecule has 0 aromatic heterocycles. The Labute approximate surface area is 99.8 Å². The van der Waals surface area contributed by atoms with Crippen LogP contribution >= 0.6 is 0 Å². The number of nitrogens with one attached hydrogen (secondary N) is 1. The van der Waals surface area contributed by atoms with Gasteiger partial charge in [-0.15, -0.1) is 0 Å². The van der Waals surface area contributed by atoms with Gasteiger partial charge in [0.1, 0.15) is 0 Å². The fourth-order valence-electron chi connectivity index (χ4n) is 3.96. The van der Waals surface area contributed by atoms with Crippen LogP contribution in [-0.4, -0.2) is 35.6 Å². The number of nitrogens with zero attached hydrogens (tertiary/aromatic N) is 1. The van der Waals surface area contributed by atoms with E-state index >= 15 is 0 Å². The van der Waals surface area contributed by atoms with Crippen LogP contribution in [0.3, 0.4) is 0 Å². The first-order valence-corrected chi connectivity index (χ1v) is 7.21. The SMILES string of the molecule is CC(C)N1CC(C2CC2)NCC12CCCC2. The van der Waals surface area contributed by atoms with Crippen molar-refractivity contribution in [3.05, 3.63) is 0 Å². The molecule has 0 bridgehead atoms. The highest BCUT2D eigenvalue weighted by Crippen LogP contribution is 2.41. The van der Waals surface area contributed by atoms with Gasteiger partial charge >= 0.3 is 0 Å². The van der Waals surface area contributed by atoms with Crippen LogP contribution in [0.5, 0.6) is 0 Å². The van der Waals surface area contributed by atoms with Gasteiger partial charge in [-0.2, -0.15) is 0 Å². The zero-order valence-corrected chi connectivity index (χ0v) is 10.8. The van der Waals surface area contributed by atoms with Gasteiger partial charge < -0.3 is 5.32 Å². The lowest BCUT2D eigenvalue weighted by atomic mass is 9.88. The van der Waals surface area contributed by atoms with Crippen molar-refractivity contribution in [3.8, 4) is 0 Å². The van der Waals surface area contributed by atoms with Crippen LogP contribution in [0.25, 0.3) is 0 Å². The van der Waals surface area contributed by atoms with Crippen LogP contribution in [0.4, 0.5) is 0 Å². The van der Waals surface area contributed by atoms with Crippen LogP contribution in [0.15, 0.2) is 0 Å². The first kappa shape index (κ1) is 11.0. The summed E-state index contributed by atoms with van der Waals surface area (Å²) in [5.41, 5.74) is 0.527. The zero-order chi connectivity index (χ0) is 11.2. The fourth-order valence-corrected chi connectivity index (χ4v) is 3.96. The first-order chi connectivity index (χ1) is 7.71. The molecule has 0 aromatic carbocycles. The summed E-state index contributed by atoms with van der Waals surface area (Å²) >= 11 is 0. The van der Waals surface area contributed by atoms with Crippen molar-refractivity contribution in [2.24, 2.45) is 5.92 Å². The maximum Gasteiger partial charge on any atom is 0.0337 e. The molecule has 3 rings (SSSR count). The van der Waals surface area contributed by atoms with E-state index in [2.05, 4.69) is 24.1 Å². The standard InChI is InChI=1S/C14H26N2/c1-11(2)16-9-13(12-5-6-12)15-10-14(16)7-3-4-8-14/h11-13,15H,3-10H2,1-2H3. The third-order valence-electron chi connectivity index (χ3n) is 5.04. The Morgan fingerprint density at radius 1 is 1.19 bits per heavy atom. The van der Waals surface area contributed by atoms with Crippen LogP contribution in [0, 0.1) is 5.92 Å². The molecule has 3 aliphatic rings. The highest BCUT2D eigenvalue weighted by molar-refractivity contribution is 5.05. The molecule has 2 aliphatic carbocycles. The summed E-state index contributed by atoms with van der Waals surface area (Å²) in [6, 6.07) is 1.52. The Balaban J connectivity index is 1.74. The lowest BCUT2D eigenvalue weighted by Crippen LogP contribution is -2.65. The third kappa shape index (κ3) is 1.80. The van der Waals surface area contributed by atoms with Crippen LogP contribution < -0.4 is 5.32 Å². The van der Waals surface area contributed by atoms with Gasteiger partial charge in [0.25, 0.3) is 0 Å². The summed E-state index contributed by atoms with van der Waals surface area (Å²) in [6.45, 7) is 7.33. The fraction of sp³-hybridized carbons (Fsp3) is 1.00. The number of rotatable bonds is 2. The summed E-state index contributed by atoms with van der Waals surface area (Å²) in [5.74, 6) is 1.00. The van der Waals surface area contributed by atoms with Crippen molar-refractivity contribution < 1.29 is 0 Å². The Morgan fingerprint density at radius 2 is 1.88 bits per heavy atom. The minimum atomic E-state index is 0.527. The molecule has 2 nitrogen and oxygen atoms in total. The average Bonchev–Trinajstić information content (AvgIpc) is 3.01. The maximum atomic E-state index is 3.86. The summed E-state index contributed by atoms with van der Waals surface area (Å²) < 4.78 is 0. The smallest absolute Gasteiger partial charge is 0.0337 e. The number of piperazine rings is 1. The van der Waals surface area contributed by atoms with E-state index in [9.17, 15) is 0 Å². The lowest BCUT2D eigenvalue weighted by Gasteiger charge is -2.50. The summed E-state index contributed by atoms with van der Waals surface area (Å²) in [7, 11) is 0. The second kappa shape index (κ2) is 3.99. The highest BCUT2D eigenvalue weighted by atomic mass is 15.3. The van der Waals surface area contributed by atoms with Crippen LogP contribution in [-0.2, 0) is 0 Å². The minimum Gasteiger partial charge on any atom is -0.311 e. The topological polar surface area (TPSA) is 15.3 Å². The second-order valence-corrected chi connectivity index (χ2v) is 6.50. The van der Waals surface area contributed by atoms with Crippen molar-refractivity contribution in [2.45, 2.75) is 70.0 Å². The summed E-state index contributed by atoms with van der Waals surface area (Å²) in [4.78, 5) is 2.83. The average molecular weight is 222 g/mol. The van der Waals surface area contributed by atoms with Crippen molar-refractivity contribution in [1.82, 2.24) is 10.2 Å². The minimum absolute atomic E-state index is 0.527. The van der Waals surface area contributed by atoms with Crippen molar-refractivity contribution in [2.75, 3.05) is 13.1 Å². The van der Waals surface area contributed by atoms with Crippen LogP contribution in [0.2, 0.25) is 0 Å². The van der Waals surface area contributed by atoms with E-state index in [0.717, 1.165) is 18.0 Å². The Hall–Kier alpha value is -0.0800. The van der Waals surface area contributed by atoms with E-state index in [4.69, 9.17) is 0 Å². The second-order valence-electron chi connectivity index (χ2n) is 6.50. The van der Waals surface area contributed by atoms with E-state index < -0.39 is 0 Å². The van der Waals surface area contributed by atoms with Crippen molar-refractivity contribution >= 4 is 0 Å². The first-order valence-electron chi connectivity index (χ1n) is 7.21. The molecule has 0 radical (unpaired) electrons. The molecule has 1 spiro atoms. The van der Waals surface area contributed by atoms with E-state index in [1.165, 1.54) is 51.6 Å². The number of hydrogen-bond donors (Lipinski definition) is 1. The molecule has 0 aromatic rings. The molecule has 1 unspecified atom stereocenters. The van der Waals surface area contributed by atoms with Gasteiger partial charge in [-0.05, 0) is 45.4 Å². The summed E-state index contributed by atoms with van der Waals surface area (Å²) in [6.07, 6.45) is 8.68. The van der Waals surface area contributed by atoms with E-state index in [1.54, 1.807) is 0 Å². The molecule has 16 heavy (non-hydrogen) atoms. The van der Waals surface area contributed by atoms with Crippen molar-refractivity contribution in [3.63, 3.8) is 0 Å². The van der Waals surface area contributed by atoms with Gasteiger partial charge in [0.15, 0.2) is 0 Å². The van der Waals surface area contributed by atoms with Gasteiger partial charge in [0.2, 0.25) is 0 Å². The van der Waals surface area contributed by atoms with E-state index in [0.29, 0.717) is 5.54 Å². The molecule has 2 heteroatoms. The number of hydrogen-bond acceptors (Lipinski definition) is 2. The molecule has 92 valence electrons. The molecule has 2 saturated carbocycles. The van der Waals surface area contributed by atoms with Gasteiger partial charge in [0, 0.05) is 30.7 Å². The monoisotopic (exact) mass is 222 g/mol.